The third-order valence-corrected chi connectivity index (χ3v) is 2.37. The van der Waals surface area contributed by atoms with Crippen LogP contribution in [-0.4, -0.2) is 39.0 Å². The summed E-state index contributed by atoms with van der Waals surface area (Å²) in [7, 11) is 3.50. The Balaban J connectivity index is 3.49. The predicted molar refractivity (Wildman–Crippen MR) is 59.7 cm³/mol. The SMILES string of the molecule is COCCCN[C@@H](C)CC(C)(C)OC. The van der Waals surface area contributed by atoms with Crippen LogP contribution in [0.1, 0.15) is 33.6 Å². The van der Waals surface area contributed by atoms with Gasteiger partial charge in [-0.2, -0.15) is 0 Å². The smallest absolute Gasteiger partial charge is 0.0637 e. The summed E-state index contributed by atoms with van der Waals surface area (Å²) in [6.07, 6.45) is 2.09. The molecule has 0 saturated heterocycles. The second-order valence-corrected chi connectivity index (χ2v) is 4.37. The quantitative estimate of drug-likeness (QED) is 0.610. The van der Waals surface area contributed by atoms with Gasteiger partial charge in [-0.05, 0) is 40.2 Å². The largest absolute Gasteiger partial charge is 0.385 e. The van der Waals surface area contributed by atoms with E-state index >= 15 is 0 Å². The molecule has 0 aliphatic carbocycles. The Labute approximate surface area is 88.2 Å². The maximum absolute atomic E-state index is 5.37. The zero-order valence-corrected chi connectivity index (χ0v) is 10.2. The van der Waals surface area contributed by atoms with Crippen LogP contribution in [0, 0.1) is 0 Å². The van der Waals surface area contributed by atoms with Crippen molar-refractivity contribution in [1.82, 2.24) is 5.32 Å². The Morgan fingerprint density at radius 3 is 2.43 bits per heavy atom. The molecule has 0 aliphatic heterocycles. The summed E-state index contributed by atoms with van der Waals surface area (Å²) >= 11 is 0. The van der Waals surface area contributed by atoms with E-state index in [-0.39, 0.29) is 5.60 Å². The Kier molecular flexibility index (Phi) is 7.15. The van der Waals surface area contributed by atoms with Crippen molar-refractivity contribution in [3.8, 4) is 0 Å². The maximum Gasteiger partial charge on any atom is 0.0637 e. The number of rotatable bonds is 8. The second-order valence-electron chi connectivity index (χ2n) is 4.37. The fraction of sp³-hybridized carbons (Fsp3) is 1.00. The van der Waals surface area contributed by atoms with Gasteiger partial charge in [0, 0.05) is 26.9 Å². The van der Waals surface area contributed by atoms with Crippen LogP contribution in [0.3, 0.4) is 0 Å². The second kappa shape index (κ2) is 7.21. The van der Waals surface area contributed by atoms with Gasteiger partial charge in [0.05, 0.1) is 5.60 Å². The molecule has 0 saturated carbocycles. The van der Waals surface area contributed by atoms with Crippen molar-refractivity contribution >= 4 is 0 Å². The highest BCUT2D eigenvalue weighted by Crippen LogP contribution is 2.15. The van der Waals surface area contributed by atoms with Gasteiger partial charge in [0.2, 0.25) is 0 Å². The molecule has 86 valence electrons. The molecule has 0 aromatic carbocycles. The zero-order chi connectivity index (χ0) is 11.0. The van der Waals surface area contributed by atoms with E-state index in [0.717, 1.165) is 26.0 Å². The minimum absolute atomic E-state index is 0.0341. The normalized spacial score (nSPS) is 14.4. The van der Waals surface area contributed by atoms with Gasteiger partial charge < -0.3 is 14.8 Å². The third kappa shape index (κ3) is 7.30. The van der Waals surface area contributed by atoms with Gasteiger partial charge in [-0.1, -0.05) is 0 Å². The number of nitrogens with one attached hydrogen (secondary N) is 1. The molecule has 14 heavy (non-hydrogen) atoms. The van der Waals surface area contributed by atoms with Crippen molar-refractivity contribution in [2.45, 2.75) is 45.3 Å². The molecule has 0 unspecified atom stereocenters. The Morgan fingerprint density at radius 2 is 1.93 bits per heavy atom. The van der Waals surface area contributed by atoms with Crippen LogP contribution in [-0.2, 0) is 9.47 Å². The molecular formula is C11H25NO2. The lowest BCUT2D eigenvalue weighted by atomic mass is 10.00. The first-order valence-electron chi connectivity index (χ1n) is 5.29. The molecular weight excluding hydrogens is 178 g/mol. The van der Waals surface area contributed by atoms with Crippen LogP contribution in [0.2, 0.25) is 0 Å². The molecule has 0 rings (SSSR count). The molecule has 0 amide bonds. The first-order chi connectivity index (χ1) is 6.52. The molecule has 0 heterocycles. The molecule has 0 bridgehead atoms. The molecule has 1 N–H and O–H groups in total. The standard InChI is InChI=1S/C11H25NO2/c1-10(9-11(2,3)14-5)12-7-6-8-13-4/h10,12H,6-9H2,1-5H3/t10-/m0/s1. The van der Waals surface area contributed by atoms with E-state index < -0.39 is 0 Å². The van der Waals surface area contributed by atoms with Crippen molar-refractivity contribution in [3.63, 3.8) is 0 Å². The molecule has 0 fully saturated rings. The van der Waals surface area contributed by atoms with Gasteiger partial charge in [-0.3, -0.25) is 0 Å². The average molecular weight is 203 g/mol. The highest BCUT2D eigenvalue weighted by Gasteiger charge is 2.19. The Bertz CT molecular complexity index is 137. The van der Waals surface area contributed by atoms with Gasteiger partial charge in [-0.15, -0.1) is 0 Å². The Hall–Kier alpha value is -0.120. The van der Waals surface area contributed by atoms with Crippen LogP contribution in [0.5, 0.6) is 0 Å². The minimum atomic E-state index is -0.0341. The summed E-state index contributed by atoms with van der Waals surface area (Å²) < 4.78 is 10.4. The molecule has 0 aromatic heterocycles. The highest BCUT2D eigenvalue weighted by atomic mass is 16.5. The fourth-order valence-electron chi connectivity index (χ4n) is 1.46. The predicted octanol–water partition coefficient (Wildman–Crippen LogP) is 1.82. The number of methoxy groups -OCH3 is 2. The van der Waals surface area contributed by atoms with Gasteiger partial charge in [0.15, 0.2) is 0 Å². The van der Waals surface area contributed by atoms with Crippen LogP contribution in [0.15, 0.2) is 0 Å². The minimum Gasteiger partial charge on any atom is -0.385 e. The van der Waals surface area contributed by atoms with Crippen molar-refractivity contribution in [2.24, 2.45) is 0 Å². The first kappa shape index (κ1) is 13.9. The highest BCUT2D eigenvalue weighted by molar-refractivity contribution is 4.75. The summed E-state index contributed by atoms with van der Waals surface area (Å²) in [5.74, 6) is 0. The summed E-state index contributed by atoms with van der Waals surface area (Å²) in [5, 5.41) is 3.45. The van der Waals surface area contributed by atoms with E-state index in [9.17, 15) is 0 Å². The average Bonchev–Trinajstić information content (AvgIpc) is 2.12. The fourth-order valence-corrected chi connectivity index (χ4v) is 1.46. The summed E-state index contributed by atoms with van der Waals surface area (Å²) in [6.45, 7) is 8.25. The van der Waals surface area contributed by atoms with E-state index in [0.29, 0.717) is 6.04 Å². The van der Waals surface area contributed by atoms with Crippen molar-refractivity contribution in [1.29, 1.82) is 0 Å². The molecule has 0 aliphatic rings. The van der Waals surface area contributed by atoms with E-state index in [1.165, 1.54) is 0 Å². The summed E-state index contributed by atoms with van der Waals surface area (Å²) in [5.41, 5.74) is -0.0341. The molecule has 0 radical (unpaired) electrons. The third-order valence-electron chi connectivity index (χ3n) is 2.37. The molecule has 1 atom stereocenters. The van der Waals surface area contributed by atoms with Gasteiger partial charge in [0.1, 0.15) is 0 Å². The summed E-state index contributed by atoms with van der Waals surface area (Å²) in [4.78, 5) is 0. The van der Waals surface area contributed by atoms with Crippen LogP contribution < -0.4 is 5.32 Å². The van der Waals surface area contributed by atoms with Crippen LogP contribution in [0.25, 0.3) is 0 Å². The summed E-state index contributed by atoms with van der Waals surface area (Å²) in [6, 6.07) is 0.488. The molecule has 3 heteroatoms. The zero-order valence-electron chi connectivity index (χ0n) is 10.2. The lowest BCUT2D eigenvalue weighted by Crippen LogP contribution is -2.36. The van der Waals surface area contributed by atoms with Crippen molar-refractivity contribution in [2.75, 3.05) is 27.4 Å². The first-order valence-corrected chi connectivity index (χ1v) is 5.29. The monoisotopic (exact) mass is 203 g/mol. The van der Waals surface area contributed by atoms with Gasteiger partial charge in [0.25, 0.3) is 0 Å². The van der Waals surface area contributed by atoms with Crippen molar-refractivity contribution in [3.05, 3.63) is 0 Å². The van der Waals surface area contributed by atoms with E-state index in [2.05, 4.69) is 26.1 Å². The molecule has 0 aromatic rings. The van der Waals surface area contributed by atoms with Gasteiger partial charge >= 0.3 is 0 Å². The number of hydrogen-bond donors (Lipinski definition) is 1. The van der Waals surface area contributed by atoms with E-state index in [1.807, 2.05) is 0 Å². The van der Waals surface area contributed by atoms with E-state index in [1.54, 1.807) is 14.2 Å². The van der Waals surface area contributed by atoms with Crippen LogP contribution in [0.4, 0.5) is 0 Å². The van der Waals surface area contributed by atoms with Crippen LogP contribution >= 0.6 is 0 Å². The lowest BCUT2D eigenvalue weighted by molar-refractivity contribution is 0.00849. The lowest BCUT2D eigenvalue weighted by Gasteiger charge is -2.27. The number of ether oxygens (including phenoxy) is 2. The molecule has 0 spiro atoms. The topological polar surface area (TPSA) is 30.5 Å². The Morgan fingerprint density at radius 1 is 1.29 bits per heavy atom. The number of hydrogen-bond acceptors (Lipinski definition) is 3. The molecule has 3 nitrogen and oxygen atoms in total. The van der Waals surface area contributed by atoms with Gasteiger partial charge in [-0.25, -0.2) is 0 Å². The maximum atomic E-state index is 5.37. The van der Waals surface area contributed by atoms with Crippen molar-refractivity contribution < 1.29 is 9.47 Å². The van der Waals surface area contributed by atoms with E-state index in [4.69, 9.17) is 9.47 Å².